The van der Waals surface area contributed by atoms with Crippen molar-refractivity contribution in [1.82, 2.24) is 14.3 Å². The van der Waals surface area contributed by atoms with Gasteiger partial charge in [-0.3, -0.25) is 0 Å². The number of nitrogens with zero attached hydrogens (tertiary/aromatic N) is 4. The van der Waals surface area contributed by atoms with Crippen LogP contribution in [0.4, 0.5) is 5.82 Å². The van der Waals surface area contributed by atoms with Crippen molar-refractivity contribution in [2.75, 3.05) is 18.0 Å². The van der Waals surface area contributed by atoms with E-state index >= 15 is 0 Å². The van der Waals surface area contributed by atoms with Crippen LogP contribution in [-0.4, -0.2) is 47.9 Å². The first-order valence-corrected chi connectivity index (χ1v) is 9.54. The summed E-state index contributed by atoms with van der Waals surface area (Å²) in [6.07, 6.45) is 2.50. The highest BCUT2D eigenvalue weighted by molar-refractivity contribution is 7.89. The zero-order valence-electron chi connectivity index (χ0n) is 13.8. The topological polar surface area (TPSA) is 66.4 Å². The van der Waals surface area contributed by atoms with E-state index in [-0.39, 0.29) is 12.1 Å². The summed E-state index contributed by atoms with van der Waals surface area (Å²) in [4.78, 5) is 11.2. The zero-order chi connectivity index (χ0) is 16.9. The fourth-order valence-corrected chi connectivity index (χ4v) is 5.53. The van der Waals surface area contributed by atoms with Crippen LogP contribution in [-0.2, 0) is 10.0 Å². The molecule has 6 nitrogen and oxygen atoms in total. The third-order valence-electron chi connectivity index (χ3n) is 5.05. The van der Waals surface area contributed by atoms with Gasteiger partial charge >= 0.3 is 0 Å². The quantitative estimate of drug-likeness (QED) is 0.849. The standard InChI is InChI=1S/C17H20N4O2S/c1-12-13(2)18-11-19-17(12)20-9-14-8-15(10-20)21(14)24(22,23)16-6-4-3-5-7-16/h3-7,11,14-15H,8-10H2,1-2H3. The number of rotatable bonds is 3. The van der Waals surface area contributed by atoms with Crippen LogP contribution < -0.4 is 4.90 Å². The van der Waals surface area contributed by atoms with Crippen molar-refractivity contribution >= 4 is 15.8 Å². The number of benzene rings is 1. The summed E-state index contributed by atoms with van der Waals surface area (Å²) in [5, 5.41) is 0. The molecule has 3 aliphatic rings. The molecule has 0 N–H and O–H groups in total. The van der Waals surface area contributed by atoms with Gasteiger partial charge in [0, 0.05) is 36.4 Å². The molecule has 3 aliphatic heterocycles. The Bertz CT molecular complexity index is 857. The van der Waals surface area contributed by atoms with E-state index in [2.05, 4.69) is 14.9 Å². The summed E-state index contributed by atoms with van der Waals surface area (Å²) < 4.78 is 27.4. The van der Waals surface area contributed by atoms with E-state index in [1.807, 2.05) is 19.9 Å². The number of hydrogen-bond acceptors (Lipinski definition) is 5. The van der Waals surface area contributed by atoms with Crippen molar-refractivity contribution in [3.63, 3.8) is 0 Å². The monoisotopic (exact) mass is 344 g/mol. The van der Waals surface area contributed by atoms with E-state index in [9.17, 15) is 8.42 Å². The predicted molar refractivity (Wildman–Crippen MR) is 91.4 cm³/mol. The average Bonchev–Trinajstić information content (AvgIpc) is 2.58. The van der Waals surface area contributed by atoms with Crippen LogP contribution in [0.15, 0.2) is 41.6 Å². The molecule has 0 radical (unpaired) electrons. The number of sulfonamides is 1. The zero-order valence-corrected chi connectivity index (χ0v) is 14.6. The Hall–Kier alpha value is -1.99. The molecule has 3 fully saturated rings. The smallest absolute Gasteiger partial charge is 0.243 e. The van der Waals surface area contributed by atoms with Gasteiger partial charge in [0.1, 0.15) is 12.1 Å². The van der Waals surface area contributed by atoms with Gasteiger partial charge in [-0.2, -0.15) is 4.31 Å². The number of anilines is 1. The highest BCUT2D eigenvalue weighted by atomic mass is 32.2. The van der Waals surface area contributed by atoms with E-state index in [0.717, 1.165) is 23.5 Å². The molecule has 4 heterocycles. The van der Waals surface area contributed by atoms with Gasteiger partial charge < -0.3 is 4.90 Å². The maximum Gasteiger partial charge on any atom is 0.243 e. The fraction of sp³-hybridized carbons (Fsp3) is 0.412. The fourth-order valence-electron chi connectivity index (χ4n) is 3.70. The van der Waals surface area contributed by atoms with Crippen LogP contribution >= 0.6 is 0 Å². The van der Waals surface area contributed by atoms with Gasteiger partial charge in [-0.25, -0.2) is 18.4 Å². The van der Waals surface area contributed by atoms with Crippen LogP contribution in [0.2, 0.25) is 0 Å². The molecule has 24 heavy (non-hydrogen) atoms. The van der Waals surface area contributed by atoms with Crippen molar-refractivity contribution < 1.29 is 8.42 Å². The van der Waals surface area contributed by atoms with E-state index in [4.69, 9.17) is 0 Å². The Labute approximate surface area is 142 Å². The lowest BCUT2D eigenvalue weighted by molar-refractivity contribution is 0.0874. The van der Waals surface area contributed by atoms with E-state index in [1.165, 1.54) is 0 Å². The van der Waals surface area contributed by atoms with Crippen molar-refractivity contribution in [2.45, 2.75) is 37.2 Å². The molecule has 3 saturated heterocycles. The number of fused-ring (bicyclic) bond motifs is 2. The molecule has 2 unspecified atom stereocenters. The van der Waals surface area contributed by atoms with Crippen molar-refractivity contribution in [1.29, 1.82) is 0 Å². The molecular formula is C17H20N4O2S. The predicted octanol–water partition coefficient (Wildman–Crippen LogP) is 1.75. The minimum atomic E-state index is -3.41. The molecular weight excluding hydrogens is 324 g/mol. The third kappa shape index (κ3) is 2.31. The first-order valence-electron chi connectivity index (χ1n) is 8.10. The van der Waals surface area contributed by atoms with Gasteiger partial charge in [0.2, 0.25) is 10.0 Å². The number of piperidine rings is 1. The van der Waals surface area contributed by atoms with Crippen molar-refractivity contribution in [3.05, 3.63) is 47.9 Å². The van der Waals surface area contributed by atoms with Gasteiger partial charge in [0.25, 0.3) is 0 Å². The summed E-state index contributed by atoms with van der Waals surface area (Å²) in [6, 6.07) is 8.73. The molecule has 2 aromatic rings. The molecule has 0 saturated carbocycles. The van der Waals surface area contributed by atoms with E-state index in [0.29, 0.717) is 18.0 Å². The van der Waals surface area contributed by atoms with Gasteiger partial charge in [0.05, 0.1) is 4.90 Å². The number of piperazine rings is 1. The largest absolute Gasteiger partial charge is 0.353 e. The first-order chi connectivity index (χ1) is 11.5. The van der Waals surface area contributed by atoms with Crippen LogP contribution in [0, 0.1) is 13.8 Å². The van der Waals surface area contributed by atoms with E-state index in [1.54, 1.807) is 34.9 Å². The second-order valence-corrected chi connectivity index (χ2v) is 8.35. The van der Waals surface area contributed by atoms with Crippen LogP contribution in [0.25, 0.3) is 0 Å². The molecule has 0 amide bonds. The van der Waals surface area contributed by atoms with Gasteiger partial charge in [-0.05, 0) is 32.4 Å². The maximum absolute atomic E-state index is 12.9. The number of aryl methyl sites for hydroxylation is 1. The number of hydrogen-bond donors (Lipinski definition) is 0. The molecule has 2 atom stereocenters. The van der Waals surface area contributed by atoms with Gasteiger partial charge in [-0.1, -0.05) is 18.2 Å². The molecule has 1 aromatic carbocycles. The lowest BCUT2D eigenvalue weighted by Gasteiger charge is -2.55. The first kappa shape index (κ1) is 15.5. The lowest BCUT2D eigenvalue weighted by Crippen LogP contribution is -2.70. The van der Waals surface area contributed by atoms with Crippen molar-refractivity contribution in [3.8, 4) is 0 Å². The summed E-state index contributed by atoms with van der Waals surface area (Å²) >= 11 is 0. The normalized spacial score (nSPS) is 23.8. The SMILES string of the molecule is Cc1ncnc(N2CC3CC(C2)N3S(=O)(=O)c2ccccc2)c1C. The van der Waals surface area contributed by atoms with Gasteiger partial charge in [-0.15, -0.1) is 0 Å². The van der Waals surface area contributed by atoms with Crippen LogP contribution in [0.5, 0.6) is 0 Å². The maximum atomic E-state index is 12.9. The Kier molecular flexibility index (Phi) is 3.58. The highest BCUT2D eigenvalue weighted by Crippen LogP contribution is 2.39. The second-order valence-electron chi connectivity index (χ2n) is 6.50. The summed E-state index contributed by atoms with van der Waals surface area (Å²) in [7, 11) is -3.41. The second kappa shape index (κ2) is 5.53. The molecule has 0 aliphatic carbocycles. The Morgan fingerprint density at radius 2 is 1.71 bits per heavy atom. The lowest BCUT2D eigenvalue weighted by atomic mass is 9.91. The molecule has 5 rings (SSSR count). The van der Waals surface area contributed by atoms with E-state index < -0.39 is 10.0 Å². The molecule has 7 heteroatoms. The minimum Gasteiger partial charge on any atom is -0.353 e. The summed E-state index contributed by atoms with van der Waals surface area (Å²) in [5.74, 6) is 0.925. The summed E-state index contributed by atoms with van der Waals surface area (Å²) in [6.45, 7) is 5.35. The Balaban J connectivity index is 1.58. The Morgan fingerprint density at radius 1 is 1.04 bits per heavy atom. The van der Waals surface area contributed by atoms with Crippen LogP contribution in [0.3, 0.4) is 0 Å². The van der Waals surface area contributed by atoms with Crippen molar-refractivity contribution in [2.24, 2.45) is 0 Å². The number of aromatic nitrogens is 2. The molecule has 0 spiro atoms. The van der Waals surface area contributed by atoms with Gasteiger partial charge in [0.15, 0.2) is 0 Å². The molecule has 1 aromatic heterocycles. The van der Waals surface area contributed by atoms with Crippen LogP contribution in [0.1, 0.15) is 17.7 Å². The Morgan fingerprint density at radius 3 is 2.38 bits per heavy atom. The molecule has 126 valence electrons. The highest BCUT2D eigenvalue weighted by Gasteiger charge is 2.51. The average molecular weight is 344 g/mol. The summed E-state index contributed by atoms with van der Waals surface area (Å²) in [5.41, 5.74) is 2.03. The third-order valence-corrected chi connectivity index (χ3v) is 7.07. The molecule has 2 bridgehead atoms. The minimum absolute atomic E-state index is 0.0172.